The molecule has 10 rings (SSSR count). The zero-order chi connectivity index (χ0) is 59.1. The second-order valence-electron chi connectivity index (χ2n) is 23.9. The number of carbonyl (C=O) groups is 4. The molecule has 82 heavy (non-hydrogen) atoms. The molecular formula is C63H86Cl2FN9O7. The molecule has 2 saturated heterocycles. The van der Waals surface area contributed by atoms with Gasteiger partial charge in [-0.3, -0.25) is 14.0 Å². The van der Waals surface area contributed by atoms with Gasteiger partial charge in [0.25, 0.3) is 0 Å². The number of piperidine rings is 2. The number of nitrogens with one attached hydrogen (secondary N) is 2. The average Bonchev–Trinajstić information content (AvgIpc) is 4.14. The Hall–Kier alpha value is -6.17. The topological polar surface area (TPSA) is 215 Å². The van der Waals surface area contributed by atoms with Crippen molar-refractivity contribution in [2.24, 2.45) is 23.5 Å². The molecule has 2 unspecified atom stereocenters. The van der Waals surface area contributed by atoms with E-state index in [2.05, 4.69) is 75.2 Å². The third-order valence-corrected chi connectivity index (χ3v) is 15.9. The van der Waals surface area contributed by atoms with Crippen LogP contribution in [0, 0.1) is 17.8 Å². The maximum Gasteiger partial charge on any atom is 0.410 e. The minimum Gasteiger partial charge on any atom is -0.481 e. The lowest BCUT2D eigenvalue weighted by molar-refractivity contribution is -0.143. The van der Waals surface area contributed by atoms with Crippen molar-refractivity contribution in [3.05, 3.63) is 117 Å². The number of likely N-dealkylation sites (tertiary alicyclic amines) is 2. The first-order valence-corrected chi connectivity index (χ1v) is 29.3. The fourth-order valence-corrected chi connectivity index (χ4v) is 11.6. The summed E-state index contributed by atoms with van der Waals surface area (Å²) in [6.45, 7) is 13.0. The molecule has 2 aromatic carbocycles. The summed E-state index contributed by atoms with van der Waals surface area (Å²) < 4.78 is 26.2. The van der Waals surface area contributed by atoms with Crippen LogP contribution < -0.4 is 16.4 Å². The van der Waals surface area contributed by atoms with Crippen LogP contribution in [0.3, 0.4) is 0 Å². The number of halogens is 3. The van der Waals surface area contributed by atoms with Gasteiger partial charge in [0.2, 0.25) is 11.9 Å². The minimum atomic E-state index is -1.00. The summed E-state index contributed by atoms with van der Waals surface area (Å²) in [5.74, 6) is 0.543. The van der Waals surface area contributed by atoms with Crippen molar-refractivity contribution >= 4 is 70.2 Å². The molecule has 2 aromatic heterocycles. The van der Waals surface area contributed by atoms with Crippen molar-refractivity contribution < 1.29 is 39.5 Å². The number of ether oxygens (including phenoxy) is 2. The highest BCUT2D eigenvalue weighted by molar-refractivity contribution is 6.32. The molecule has 0 spiro atoms. The van der Waals surface area contributed by atoms with E-state index in [1.54, 1.807) is 38.1 Å². The van der Waals surface area contributed by atoms with E-state index >= 15 is 0 Å². The second-order valence-corrected chi connectivity index (χ2v) is 24.7. The summed E-state index contributed by atoms with van der Waals surface area (Å²) in [6, 6.07) is 17.8. The number of benzene rings is 2. The maximum atomic E-state index is 13.1. The number of ketones is 1. The number of hydrogen-bond acceptors (Lipinski definition) is 13. The van der Waals surface area contributed by atoms with Crippen molar-refractivity contribution in [1.82, 2.24) is 29.7 Å². The number of alkyl halides is 1. The smallest absolute Gasteiger partial charge is 0.410 e. The molecule has 4 aromatic rings. The summed E-state index contributed by atoms with van der Waals surface area (Å²) >= 11 is 12.9. The van der Waals surface area contributed by atoms with Gasteiger partial charge in [0, 0.05) is 67.8 Å². The fourth-order valence-electron chi connectivity index (χ4n) is 11.3. The molecule has 16 nitrogen and oxygen atoms in total. The number of Topliss-reactive ketones (excluding diaryl/α,β-unsaturated/α-hetero) is 1. The highest BCUT2D eigenvalue weighted by Gasteiger charge is 2.34. The SMILES string of the molecule is C.CC(C)(C)OC(=O)N1CCCC(C(=O)CC2CCC(Nc3ncc(Cl)c(C4=CCc5ccccc54)n3)CC2)C1.CC(C)(C)OC(=O)N1CCCC(C(=O)O)C1.NC1CCC(Nc2ncc(Cl)c(C3=CCc4ccccc43)n2)CC1.[2H]CF. The number of carboxylic acid groups (broad SMARTS) is 1. The van der Waals surface area contributed by atoms with Crippen LogP contribution in [0.15, 0.2) is 73.1 Å². The normalized spacial score (nSPS) is 22.1. The van der Waals surface area contributed by atoms with Crippen molar-refractivity contribution in [3.8, 4) is 0 Å². The van der Waals surface area contributed by atoms with E-state index in [1.165, 1.54) is 27.2 Å². The van der Waals surface area contributed by atoms with Gasteiger partial charge in [-0.15, -0.1) is 0 Å². The van der Waals surface area contributed by atoms with Gasteiger partial charge in [-0.05, 0) is 160 Å². The number of carbonyl (C=O) groups excluding carboxylic acids is 3. The fraction of sp³-hybridized carbons (Fsp3) is 0.556. The van der Waals surface area contributed by atoms with Crippen LogP contribution in [0.1, 0.15) is 167 Å². The van der Waals surface area contributed by atoms with Crippen LogP contribution in [-0.2, 0) is 31.9 Å². The third kappa shape index (κ3) is 18.4. The Labute approximate surface area is 496 Å². The van der Waals surface area contributed by atoms with E-state index in [-0.39, 0.29) is 37.8 Å². The van der Waals surface area contributed by atoms with Gasteiger partial charge in [-0.25, -0.2) is 29.5 Å². The molecule has 2 amide bonds. The summed E-state index contributed by atoms with van der Waals surface area (Å²) in [7, 11) is -1.00. The lowest BCUT2D eigenvalue weighted by atomic mass is 9.80. The molecule has 4 heterocycles. The van der Waals surface area contributed by atoms with Gasteiger partial charge in [-0.2, -0.15) is 0 Å². The van der Waals surface area contributed by atoms with E-state index in [1.807, 2.05) is 26.8 Å². The Bertz CT molecular complexity index is 2900. The highest BCUT2D eigenvalue weighted by Crippen LogP contribution is 2.38. The Morgan fingerprint density at radius 3 is 1.54 bits per heavy atom. The number of aromatic nitrogens is 4. The molecule has 0 radical (unpaired) electrons. The molecule has 0 bridgehead atoms. The zero-order valence-electron chi connectivity index (χ0n) is 48.8. The summed E-state index contributed by atoms with van der Waals surface area (Å²) in [5, 5.41) is 17.0. The Kier molecular flexibility index (Phi) is 23.1. The van der Waals surface area contributed by atoms with Crippen LogP contribution in [0.4, 0.5) is 25.9 Å². The van der Waals surface area contributed by atoms with Crippen LogP contribution in [0.25, 0.3) is 11.1 Å². The van der Waals surface area contributed by atoms with Crippen LogP contribution in [-0.4, -0.2) is 121 Å². The molecule has 4 fully saturated rings. The quantitative estimate of drug-likeness (QED) is 0.116. The molecule has 2 atom stereocenters. The molecule has 6 aliphatic rings. The lowest BCUT2D eigenvalue weighted by Gasteiger charge is -2.34. The molecular weight excluding hydrogens is 1080 g/mol. The molecule has 5 N–H and O–H groups in total. The largest absolute Gasteiger partial charge is 0.481 e. The van der Waals surface area contributed by atoms with E-state index in [9.17, 15) is 23.6 Å². The number of carboxylic acids is 1. The first-order valence-electron chi connectivity index (χ1n) is 29.3. The molecule has 446 valence electrons. The Morgan fingerprint density at radius 1 is 0.683 bits per heavy atom. The number of anilines is 2. The highest BCUT2D eigenvalue weighted by atomic mass is 35.5. The van der Waals surface area contributed by atoms with Gasteiger partial charge in [0.05, 0.1) is 48.3 Å². The first kappa shape index (κ1) is 63.4. The van der Waals surface area contributed by atoms with Crippen molar-refractivity contribution in [2.45, 2.75) is 175 Å². The van der Waals surface area contributed by atoms with E-state index < -0.39 is 36.3 Å². The number of nitrogens with two attached hydrogens (primary N) is 1. The molecule has 2 aliphatic heterocycles. The molecule has 2 saturated carbocycles. The molecule has 19 heteroatoms. The Balaban J connectivity index is 0.000000214. The first-order chi connectivity index (χ1) is 39.1. The van der Waals surface area contributed by atoms with E-state index in [4.69, 9.17) is 54.9 Å². The number of nitrogens with zero attached hydrogens (tertiary/aromatic N) is 6. The number of aliphatic carboxylic acids is 1. The van der Waals surface area contributed by atoms with Crippen LogP contribution >= 0.6 is 23.2 Å². The minimum absolute atomic E-state index is 0. The van der Waals surface area contributed by atoms with Crippen LogP contribution in [0.2, 0.25) is 10.0 Å². The summed E-state index contributed by atoms with van der Waals surface area (Å²) in [5.41, 5.74) is 13.7. The maximum absolute atomic E-state index is 13.1. The van der Waals surface area contributed by atoms with Crippen LogP contribution in [0.5, 0.6) is 0 Å². The number of rotatable bonds is 10. The van der Waals surface area contributed by atoms with E-state index in [0.717, 1.165) is 106 Å². The van der Waals surface area contributed by atoms with E-state index in [0.29, 0.717) is 72.4 Å². The number of amides is 2. The van der Waals surface area contributed by atoms with Crippen molar-refractivity contribution in [2.75, 3.05) is 44.0 Å². The van der Waals surface area contributed by atoms with Gasteiger partial charge >= 0.3 is 18.2 Å². The molecule has 4 aliphatic carbocycles. The van der Waals surface area contributed by atoms with Crippen molar-refractivity contribution in [1.29, 1.82) is 0 Å². The lowest BCUT2D eigenvalue weighted by Crippen LogP contribution is -2.45. The predicted molar refractivity (Wildman–Crippen MR) is 324 cm³/mol. The predicted octanol–water partition coefficient (Wildman–Crippen LogP) is 13.4. The second kappa shape index (κ2) is 29.9. The summed E-state index contributed by atoms with van der Waals surface area (Å²) in [4.78, 5) is 69.7. The van der Waals surface area contributed by atoms with Crippen molar-refractivity contribution in [3.63, 3.8) is 0 Å². The Morgan fingerprint density at radius 2 is 1.10 bits per heavy atom. The average molecular weight is 1170 g/mol. The zero-order valence-corrected chi connectivity index (χ0v) is 49.3. The van der Waals surface area contributed by atoms with Gasteiger partial charge in [0.15, 0.2) is 0 Å². The summed E-state index contributed by atoms with van der Waals surface area (Å²) in [6.07, 6.45) is 20.6. The number of allylic oxidation sites excluding steroid dienone is 2. The third-order valence-electron chi connectivity index (χ3n) is 15.4. The number of fused-ring (bicyclic) bond motifs is 2. The number of hydrogen-bond donors (Lipinski definition) is 4. The van der Waals surface area contributed by atoms with Gasteiger partial charge < -0.3 is 40.7 Å². The monoisotopic (exact) mass is 1170 g/mol. The standard InChI is InChI=1S/C31H39ClN4O3.C19H21ClN4.C11H19NO4.CH3F.CH4/c1-31(2,3)39-30(38)36-16-6-8-22(19-36)27(37)17-20-10-13-23(14-11-20)34-29-33-18-26(32)28(35-29)25-15-12-21-7-4-5-9-24(21)25;20-17-11-22-19(23-14-8-6-13(21)7-9-14)24-18(17)16-10-5-12-3-1-2-4-15(12)16;1-11(2,3)16-10(15)12-6-4-5-8(7-12)9(13)14;1-2;/h4-5,7,9,15,18,20,22-23H,6,8,10-14,16-17,19H2,1-3H3,(H,33,34,35);1-4,10-11,13-14H,5-9,21H2,(H,22,23,24);8H,4-7H2,1-3H3,(H,13,14);1H3;1H4/i;;;1D;. The van der Waals surface area contributed by atoms with Gasteiger partial charge in [0.1, 0.15) is 17.0 Å². The van der Waals surface area contributed by atoms with Gasteiger partial charge in [-0.1, -0.05) is 91.3 Å².